The average Bonchev–Trinajstić information content (AvgIpc) is 3.25. The predicted octanol–water partition coefficient (Wildman–Crippen LogP) is 7.32. The van der Waals surface area contributed by atoms with Gasteiger partial charge in [-0.3, -0.25) is 4.79 Å². The highest BCUT2D eigenvalue weighted by Crippen LogP contribution is 2.38. The Morgan fingerprint density at radius 1 is 0.971 bits per heavy atom. The largest absolute Gasteiger partial charge is 0.343 e. The Morgan fingerprint density at radius 3 is 2.21 bits per heavy atom. The predicted molar refractivity (Wildman–Crippen MR) is 143 cm³/mol. The molecule has 0 atom stereocenters. The second kappa shape index (κ2) is 11.7. The summed E-state index contributed by atoms with van der Waals surface area (Å²) in [6.45, 7) is 8.61. The van der Waals surface area contributed by atoms with E-state index in [-0.39, 0.29) is 0 Å². The van der Waals surface area contributed by atoms with Gasteiger partial charge < -0.3 is 9.47 Å². The van der Waals surface area contributed by atoms with Crippen LogP contribution in [0.4, 0.5) is 0 Å². The summed E-state index contributed by atoms with van der Waals surface area (Å²) in [5.41, 5.74) is 4.55. The third kappa shape index (κ3) is 5.93. The molecule has 34 heavy (non-hydrogen) atoms. The van der Waals surface area contributed by atoms with Crippen molar-refractivity contribution in [1.82, 2.24) is 14.5 Å². The van der Waals surface area contributed by atoms with E-state index in [0.29, 0.717) is 18.4 Å². The fraction of sp³-hybridized carbons (Fsp3) is 0.448. The van der Waals surface area contributed by atoms with Crippen LogP contribution in [0.3, 0.4) is 0 Å². The molecule has 3 aromatic rings. The van der Waals surface area contributed by atoms with Crippen molar-refractivity contribution in [1.29, 1.82) is 0 Å². The van der Waals surface area contributed by atoms with Crippen LogP contribution in [0, 0.1) is 5.92 Å². The Labute approximate surface area is 208 Å². The normalized spacial score (nSPS) is 14.6. The molecule has 1 aliphatic rings. The van der Waals surface area contributed by atoms with Gasteiger partial charge in [-0.15, -0.1) is 0 Å². The first-order chi connectivity index (χ1) is 16.5. The van der Waals surface area contributed by atoms with Gasteiger partial charge in [-0.25, -0.2) is 4.98 Å². The Balaban J connectivity index is 1.45. The number of amides is 1. The lowest BCUT2D eigenvalue weighted by Crippen LogP contribution is -2.37. The number of unbranched alkanes of at least 4 members (excludes halogenated alkanes) is 1. The summed E-state index contributed by atoms with van der Waals surface area (Å²) < 4.78 is 2.38. The molecule has 1 amide bonds. The van der Waals surface area contributed by atoms with Gasteiger partial charge in [0.25, 0.3) is 0 Å². The Bertz CT molecular complexity index is 1050. The molecule has 180 valence electrons. The van der Waals surface area contributed by atoms with Gasteiger partial charge in [0.05, 0.1) is 11.4 Å². The van der Waals surface area contributed by atoms with Crippen LogP contribution in [0.1, 0.15) is 58.9 Å². The van der Waals surface area contributed by atoms with Gasteiger partial charge in [-0.2, -0.15) is 0 Å². The SMILES string of the molecule is CC1CCN(C(=O)CCCCSc2nc(-c3ccccc3)c(-c3ccccc3)n2C(C)C)CC1. The molecule has 0 unspecified atom stereocenters. The second-order valence-corrected chi connectivity index (χ2v) is 10.7. The van der Waals surface area contributed by atoms with E-state index in [0.717, 1.165) is 66.9 Å². The van der Waals surface area contributed by atoms with Crippen molar-refractivity contribution in [3.63, 3.8) is 0 Å². The van der Waals surface area contributed by atoms with E-state index >= 15 is 0 Å². The maximum atomic E-state index is 12.5. The van der Waals surface area contributed by atoms with Crippen molar-refractivity contribution >= 4 is 17.7 Å². The number of piperidine rings is 1. The zero-order valence-electron chi connectivity index (χ0n) is 20.7. The van der Waals surface area contributed by atoms with Crippen molar-refractivity contribution in [3.8, 4) is 22.5 Å². The Morgan fingerprint density at radius 2 is 1.59 bits per heavy atom. The maximum Gasteiger partial charge on any atom is 0.222 e. The summed E-state index contributed by atoms with van der Waals surface area (Å²) in [5.74, 6) is 2.06. The first-order valence-electron chi connectivity index (χ1n) is 12.7. The van der Waals surface area contributed by atoms with Gasteiger partial charge in [0.15, 0.2) is 5.16 Å². The molecule has 1 fully saturated rings. The minimum absolute atomic E-state index is 0.297. The molecule has 1 aliphatic heterocycles. The molecule has 5 heteroatoms. The molecule has 0 aliphatic carbocycles. The number of rotatable bonds is 9. The second-order valence-electron chi connectivity index (χ2n) is 9.66. The van der Waals surface area contributed by atoms with Crippen molar-refractivity contribution in [2.45, 2.75) is 64.1 Å². The van der Waals surface area contributed by atoms with Gasteiger partial charge in [0.2, 0.25) is 5.91 Å². The van der Waals surface area contributed by atoms with Gasteiger partial charge in [-0.05, 0) is 45.4 Å². The summed E-state index contributed by atoms with van der Waals surface area (Å²) in [7, 11) is 0. The van der Waals surface area contributed by atoms with Crippen LogP contribution < -0.4 is 0 Å². The van der Waals surface area contributed by atoms with Crippen molar-refractivity contribution in [3.05, 3.63) is 60.7 Å². The summed E-state index contributed by atoms with van der Waals surface area (Å²) in [5, 5.41) is 1.06. The van der Waals surface area contributed by atoms with E-state index in [4.69, 9.17) is 4.98 Å². The van der Waals surface area contributed by atoms with Crippen LogP contribution in [0.25, 0.3) is 22.5 Å². The van der Waals surface area contributed by atoms with E-state index in [2.05, 4.69) is 84.8 Å². The third-order valence-electron chi connectivity index (χ3n) is 6.64. The topological polar surface area (TPSA) is 38.1 Å². The quantitative estimate of drug-likeness (QED) is 0.240. The number of hydrogen-bond acceptors (Lipinski definition) is 3. The number of thioether (sulfide) groups is 1. The molecule has 0 bridgehead atoms. The number of carbonyl (C=O) groups is 1. The lowest BCUT2D eigenvalue weighted by molar-refractivity contribution is -0.132. The highest BCUT2D eigenvalue weighted by atomic mass is 32.2. The Kier molecular flexibility index (Phi) is 8.49. The molecule has 2 heterocycles. The van der Waals surface area contributed by atoms with E-state index in [9.17, 15) is 4.79 Å². The molecule has 1 saturated heterocycles. The molecule has 4 nitrogen and oxygen atoms in total. The van der Waals surface area contributed by atoms with E-state index in [1.165, 1.54) is 11.3 Å². The van der Waals surface area contributed by atoms with Gasteiger partial charge >= 0.3 is 0 Å². The monoisotopic (exact) mass is 475 g/mol. The van der Waals surface area contributed by atoms with Crippen LogP contribution in [0.2, 0.25) is 0 Å². The fourth-order valence-corrected chi connectivity index (χ4v) is 5.75. The summed E-state index contributed by atoms with van der Waals surface area (Å²) in [4.78, 5) is 19.8. The van der Waals surface area contributed by atoms with Crippen molar-refractivity contribution in [2.75, 3.05) is 18.8 Å². The molecule has 1 aromatic heterocycles. The first kappa shape index (κ1) is 24.6. The highest BCUT2D eigenvalue weighted by Gasteiger charge is 2.22. The first-order valence-corrected chi connectivity index (χ1v) is 13.7. The molecule has 0 saturated carbocycles. The lowest BCUT2D eigenvalue weighted by atomic mass is 9.99. The van der Waals surface area contributed by atoms with E-state index < -0.39 is 0 Å². The van der Waals surface area contributed by atoms with Crippen LogP contribution in [-0.4, -0.2) is 39.2 Å². The van der Waals surface area contributed by atoms with Gasteiger partial charge in [-0.1, -0.05) is 79.3 Å². The van der Waals surface area contributed by atoms with Gasteiger partial charge in [0.1, 0.15) is 0 Å². The van der Waals surface area contributed by atoms with Crippen LogP contribution in [-0.2, 0) is 4.79 Å². The molecular weight excluding hydrogens is 438 g/mol. The number of aromatic nitrogens is 2. The standard InChI is InChI=1S/C29H37N3OS/c1-22(2)32-28(25-14-8-5-9-15-25)27(24-12-6-4-7-13-24)30-29(32)34-21-11-10-16-26(33)31-19-17-23(3)18-20-31/h4-9,12-15,22-23H,10-11,16-21H2,1-3H3. The molecule has 0 spiro atoms. The van der Waals surface area contributed by atoms with Crippen molar-refractivity contribution < 1.29 is 4.79 Å². The Hall–Kier alpha value is -2.53. The number of likely N-dealkylation sites (tertiary alicyclic amines) is 1. The summed E-state index contributed by atoms with van der Waals surface area (Å²) >= 11 is 1.81. The third-order valence-corrected chi connectivity index (χ3v) is 7.68. The number of benzene rings is 2. The number of nitrogens with zero attached hydrogens (tertiary/aromatic N) is 3. The zero-order valence-corrected chi connectivity index (χ0v) is 21.6. The summed E-state index contributed by atoms with van der Waals surface area (Å²) in [6.07, 6.45) is 4.92. The number of carbonyl (C=O) groups excluding carboxylic acids is 1. The minimum Gasteiger partial charge on any atom is -0.343 e. The molecule has 0 radical (unpaired) electrons. The molecule has 4 rings (SSSR count). The van der Waals surface area contributed by atoms with E-state index in [1.807, 2.05) is 17.8 Å². The van der Waals surface area contributed by atoms with Crippen LogP contribution in [0.15, 0.2) is 65.8 Å². The lowest BCUT2D eigenvalue weighted by Gasteiger charge is -2.30. The smallest absolute Gasteiger partial charge is 0.222 e. The zero-order chi connectivity index (χ0) is 23.9. The maximum absolute atomic E-state index is 12.5. The van der Waals surface area contributed by atoms with Crippen LogP contribution >= 0.6 is 11.8 Å². The van der Waals surface area contributed by atoms with E-state index in [1.54, 1.807) is 0 Å². The molecule has 0 N–H and O–H groups in total. The highest BCUT2D eigenvalue weighted by molar-refractivity contribution is 7.99. The minimum atomic E-state index is 0.297. The number of imidazole rings is 1. The summed E-state index contributed by atoms with van der Waals surface area (Å²) in [6, 6.07) is 21.4. The van der Waals surface area contributed by atoms with Crippen LogP contribution in [0.5, 0.6) is 0 Å². The fourth-order valence-electron chi connectivity index (χ4n) is 4.62. The molecule has 2 aromatic carbocycles. The van der Waals surface area contributed by atoms with Crippen molar-refractivity contribution in [2.24, 2.45) is 5.92 Å². The number of hydrogen-bond donors (Lipinski definition) is 0. The van der Waals surface area contributed by atoms with Gasteiger partial charge in [0, 0.05) is 42.4 Å². The molecular formula is C29H37N3OS. The average molecular weight is 476 g/mol.